The lowest BCUT2D eigenvalue weighted by Crippen LogP contribution is -2.52. The van der Waals surface area contributed by atoms with Crippen LogP contribution in [0.25, 0.3) is 0 Å². The summed E-state index contributed by atoms with van der Waals surface area (Å²) in [5.74, 6) is -1.55. The number of aliphatic hydroxyl groups is 2. The first kappa shape index (κ1) is 23.1. The van der Waals surface area contributed by atoms with Crippen molar-refractivity contribution in [3.63, 3.8) is 0 Å². The van der Waals surface area contributed by atoms with Gasteiger partial charge in [-0.2, -0.15) is 0 Å². The van der Waals surface area contributed by atoms with Crippen LogP contribution in [0, 0.1) is 5.92 Å². The Morgan fingerprint density at radius 3 is 2.45 bits per heavy atom. The third-order valence-corrected chi connectivity index (χ3v) is 5.33. The second-order valence-electron chi connectivity index (χ2n) is 7.49. The zero-order chi connectivity index (χ0) is 21.7. The summed E-state index contributed by atoms with van der Waals surface area (Å²) < 4.78 is 0.572. The lowest BCUT2D eigenvalue weighted by molar-refractivity contribution is -0.126. The van der Waals surface area contributed by atoms with E-state index >= 15 is 0 Å². The summed E-state index contributed by atoms with van der Waals surface area (Å²) in [5.41, 5.74) is 5.87. The van der Waals surface area contributed by atoms with Crippen LogP contribution >= 0.6 is 15.9 Å². The number of hydrogen-bond donors (Lipinski definition) is 5. The minimum atomic E-state index is -1.28. The normalized spacial score (nSPS) is 22.6. The Bertz CT molecular complexity index is 811. The molecule has 29 heavy (non-hydrogen) atoms. The lowest BCUT2D eigenvalue weighted by atomic mass is 9.89. The minimum absolute atomic E-state index is 0.110. The molecule has 4 atom stereocenters. The van der Waals surface area contributed by atoms with Crippen molar-refractivity contribution in [3.8, 4) is 0 Å². The van der Waals surface area contributed by atoms with Crippen molar-refractivity contribution in [2.24, 2.45) is 11.7 Å². The van der Waals surface area contributed by atoms with Crippen molar-refractivity contribution in [1.29, 1.82) is 0 Å². The van der Waals surface area contributed by atoms with Crippen LogP contribution in [0.4, 0.5) is 0 Å². The van der Waals surface area contributed by atoms with Gasteiger partial charge in [0.2, 0.25) is 11.8 Å². The fourth-order valence-corrected chi connectivity index (χ4v) is 3.57. The molecule has 0 saturated heterocycles. The molecule has 3 amide bonds. The van der Waals surface area contributed by atoms with Crippen molar-refractivity contribution in [3.05, 3.63) is 46.0 Å². The van der Waals surface area contributed by atoms with Crippen LogP contribution in [-0.4, -0.2) is 52.2 Å². The average Bonchev–Trinajstić information content (AvgIpc) is 2.64. The number of amides is 3. The molecule has 1 aliphatic rings. The van der Waals surface area contributed by atoms with Crippen molar-refractivity contribution in [2.75, 3.05) is 0 Å². The number of nitrogens with two attached hydrogens (primary N) is 1. The van der Waals surface area contributed by atoms with Gasteiger partial charge in [-0.05, 0) is 40.4 Å². The second kappa shape index (κ2) is 10.00. The minimum Gasteiger partial charge on any atom is -0.390 e. The van der Waals surface area contributed by atoms with Gasteiger partial charge in [-0.3, -0.25) is 14.4 Å². The molecule has 0 bridgehead atoms. The van der Waals surface area contributed by atoms with E-state index in [1.165, 1.54) is 6.08 Å². The van der Waals surface area contributed by atoms with Crippen molar-refractivity contribution in [2.45, 2.75) is 51.0 Å². The summed E-state index contributed by atoms with van der Waals surface area (Å²) in [5, 5.41) is 25.6. The van der Waals surface area contributed by atoms with Crippen molar-refractivity contribution in [1.82, 2.24) is 10.6 Å². The molecular weight excluding hydrogens is 442 g/mol. The molecule has 0 radical (unpaired) electrons. The molecular formula is C20H26BrN3O5. The molecule has 6 N–H and O–H groups in total. The molecule has 0 aromatic heterocycles. The maximum absolute atomic E-state index is 12.6. The van der Waals surface area contributed by atoms with E-state index in [-0.39, 0.29) is 17.9 Å². The highest BCUT2D eigenvalue weighted by Crippen LogP contribution is 2.22. The molecule has 0 aliphatic heterocycles. The number of hydrogen-bond acceptors (Lipinski definition) is 5. The zero-order valence-corrected chi connectivity index (χ0v) is 17.8. The number of halogens is 1. The fourth-order valence-electron chi connectivity index (χ4n) is 3.11. The van der Waals surface area contributed by atoms with E-state index in [0.29, 0.717) is 16.5 Å². The third-order valence-electron chi connectivity index (χ3n) is 4.64. The lowest BCUT2D eigenvalue weighted by Gasteiger charge is -2.31. The molecule has 1 aliphatic carbocycles. The average molecular weight is 468 g/mol. The van der Waals surface area contributed by atoms with Crippen LogP contribution in [0.15, 0.2) is 40.4 Å². The van der Waals surface area contributed by atoms with Gasteiger partial charge >= 0.3 is 0 Å². The first-order chi connectivity index (χ1) is 13.6. The first-order valence-corrected chi connectivity index (χ1v) is 10.1. The monoisotopic (exact) mass is 467 g/mol. The molecule has 2 rings (SSSR count). The smallest absolute Gasteiger partial charge is 0.252 e. The highest BCUT2D eigenvalue weighted by Gasteiger charge is 2.34. The van der Waals surface area contributed by atoms with Gasteiger partial charge in [0.05, 0.1) is 17.7 Å². The predicted octanol–water partition coefficient (Wildman–Crippen LogP) is 0.616. The van der Waals surface area contributed by atoms with E-state index in [9.17, 15) is 24.6 Å². The topological polar surface area (TPSA) is 142 Å². The molecule has 158 valence electrons. The Morgan fingerprint density at radius 1 is 1.21 bits per heavy atom. The van der Waals surface area contributed by atoms with Gasteiger partial charge in [0.15, 0.2) is 0 Å². The molecule has 8 nitrogen and oxygen atoms in total. The molecule has 0 spiro atoms. The maximum atomic E-state index is 12.6. The fraction of sp³-hybridized carbons (Fsp3) is 0.450. The van der Waals surface area contributed by atoms with Gasteiger partial charge in [0.25, 0.3) is 5.91 Å². The molecule has 0 fully saturated rings. The van der Waals surface area contributed by atoms with Gasteiger partial charge < -0.3 is 26.6 Å². The van der Waals surface area contributed by atoms with Gasteiger partial charge in [0.1, 0.15) is 12.1 Å². The van der Waals surface area contributed by atoms with E-state index in [4.69, 9.17) is 5.73 Å². The number of benzene rings is 1. The number of nitrogens with one attached hydrogen (secondary N) is 2. The SMILES string of the molecule is CC(C)C[C@@H](NC(=O)C1=C[C@@H](NC(=O)c2ccccc2Br)[C@@H](O)[C@H](O)C1)C(N)=O. The molecule has 0 heterocycles. The summed E-state index contributed by atoms with van der Waals surface area (Å²) in [6.45, 7) is 3.80. The Balaban J connectivity index is 2.17. The van der Waals surface area contributed by atoms with Gasteiger partial charge in [-0.1, -0.05) is 32.1 Å². The summed E-state index contributed by atoms with van der Waals surface area (Å²) in [6.07, 6.45) is -0.860. The molecule has 9 heteroatoms. The van der Waals surface area contributed by atoms with E-state index in [1.54, 1.807) is 24.3 Å². The Kier molecular flexibility index (Phi) is 7.95. The van der Waals surface area contributed by atoms with Crippen LogP contribution in [0.5, 0.6) is 0 Å². The summed E-state index contributed by atoms with van der Waals surface area (Å²) in [6, 6.07) is 4.94. The predicted molar refractivity (Wildman–Crippen MR) is 111 cm³/mol. The van der Waals surface area contributed by atoms with Crippen molar-refractivity contribution >= 4 is 33.7 Å². The molecule has 0 unspecified atom stereocenters. The largest absolute Gasteiger partial charge is 0.390 e. The van der Waals surface area contributed by atoms with Gasteiger partial charge in [-0.25, -0.2) is 0 Å². The Morgan fingerprint density at radius 2 is 1.86 bits per heavy atom. The maximum Gasteiger partial charge on any atom is 0.252 e. The van der Waals surface area contributed by atoms with Crippen molar-refractivity contribution < 1.29 is 24.6 Å². The highest BCUT2D eigenvalue weighted by molar-refractivity contribution is 9.10. The molecule has 0 saturated carbocycles. The number of aliphatic hydroxyl groups excluding tert-OH is 2. The zero-order valence-electron chi connectivity index (χ0n) is 16.3. The number of rotatable bonds is 7. The summed E-state index contributed by atoms with van der Waals surface area (Å²) in [7, 11) is 0. The van der Waals surface area contributed by atoms with Crippen LogP contribution < -0.4 is 16.4 Å². The van der Waals surface area contributed by atoms with Crippen LogP contribution in [0.2, 0.25) is 0 Å². The molecule has 1 aromatic carbocycles. The van der Waals surface area contributed by atoms with E-state index < -0.39 is 42.0 Å². The number of carbonyl (C=O) groups excluding carboxylic acids is 3. The number of carbonyl (C=O) groups is 3. The van der Waals surface area contributed by atoms with Crippen LogP contribution in [0.3, 0.4) is 0 Å². The van der Waals surface area contributed by atoms with Crippen LogP contribution in [-0.2, 0) is 9.59 Å². The van der Waals surface area contributed by atoms with E-state index in [0.717, 1.165) is 0 Å². The van der Waals surface area contributed by atoms with Crippen LogP contribution in [0.1, 0.15) is 37.0 Å². The van der Waals surface area contributed by atoms with Gasteiger partial charge in [-0.15, -0.1) is 0 Å². The van der Waals surface area contributed by atoms with E-state index in [2.05, 4.69) is 26.6 Å². The Labute approximate surface area is 177 Å². The number of primary amides is 1. The standard InChI is InChI=1S/C20H26BrN3O5/c1-10(2)7-15(18(22)27)24-19(28)11-8-14(17(26)16(25)9-11)23-20(29)12-5-3-4-6-13(12)21/h3-6,8,10,14-17,25-26H,7,9H2,1-2H3,(H2,22,27)(H,23,29)(H,24,28)/t14-,15-,16-,17-/m1/s1. The summed E-state index contributed by atoms with van der Waals surface area (Å²) in [4.78, 5) is 36.7. The van der Waals surface area contributed by atoms with Gasteiger partial charge in [0, 0.05) is 16.5 Å². The highest BCUT2D eigenvalue weighted by atomic mass is 79.9. The second-order valence-corrected chi connectivity index (χ2v) is 8.35. The Hall–Kier alpha value is -2.23. The van der Waals surface area contributed by atoms with E-state index in [1.807, 2.05) is 13.8 Å². The quantitative estimate of drug-likeness (QED) is 0.399. The first-order valence-electron chi connectivity index (χ1n) is 9.32. The third kappa shape index (κ3) is 6.12. The molecule has 1 aromatic rings. The summed E-state index contributed by atoms with van der Waals surface area (Å²) >= 11 is 3.29.